The highest BCUT2D eigenvalue weighted by molar-refractivity contribution is 7.93. The number of halogens is 1. The first-order chi connectivity index (χ1) is 18.9. The lowest BCUT2D eigenvalue weighted by atomic mass is 10.1. The van der Waals surface area contributed by atoms with Crippen molar-refractivity contribution in [3.8, 4) is 11.5 Å². The van der Waals surface area contributed by atoms with Crippen LogP contribution >= 0.6 is 22.9 Å². The molecule has 1 saturated heterocycles. The van der Waals surface area contributed by atoms with Gasteiger partial charge in [-0.1, -0.05) is 17.7 Å². The van der Waals surface area contributed by atoms with E-state index < -0.39 is 15.6 Å². The van der Waals surface area contributed by atoms with E-state index in [1.807, 2.05) is 39.8 Å². The van der Waals surface area contributed by atoms with Gasteiger partial charge in [0.15, 0.2) is 5.13 Å². The first kappa shape index (κ1) is 30.0. The molecule has 1 fully saturated rings. The van der Waals surface area contributed by atoms with Crippen LogP contribution in [-0.2, 0) is 21.3 Å². The van der Waals surface area contributed by atoms with Gasteiger partial charge in [-0.3, -0.25) is 0 Å². The first-order valence-electron chi connectivity index (χ1n) is 12.9. The number of carbonyl (C=O) groups excluding carboxylic acids is 1. The molecule has 40 heavy (non-hydrogen) atoms. The van der Waals surface area contributed by atoms with E-state index in [2.05, 4.69) is 4.98 Å². The molecule has 2 aromatic carbocycles. The Morgan fingerprint density at radius 2 is 1.90 bits per heavy atom. The van der Waals surface area contributed by atoms with Crippen LogP contribution in [0, 0.1) is 6.92 Å². The molecule has 9 nitrogen and oxygen atoms in total. The van der Waals surface area contributed by atoms with Crippen molar-refractivity contribution in [2.45, 2.75) is 63.7 Å². The van der Waals surface area contributed by atoms with E-state index in [0.717, 1.165) is 11.1 Å². The van der Waals surface area contributed by atoms with E-state index in [1.165, 1.54) is 27.8 Å². The molecule has 12 heteroatoms. The molecule has 1 aromatic heterocycles. The summed E-state index contributed by atoms with van der Waals surface area (Å²) in [6.45, 7) is 8.51. The molecule has 1 aliphatic heterocycles. The third kappa shape index (κ3) is 7.18. The van der Waals surface area contributed by atoms with Crippen LogP contribution in [0.5, 0.6) is 11.5 Å². The number of aromatic nitrogens is 1. The Balaban J connectivity index is 1.49. The second kappa shape index (κ2) is 12.2. The van der Waals surface area contributed by atoms with E-state index >= 15 is 0 Å². The summed E-state index contributed by atoms with van der Waals surface area (Å²) in [6, 6.07) is 9.99. The first-order valence-corrected chi connectivity index (χ1v) is 15.6. The second-order valence-corrected chi connectivity index (χ2v) is 13.6. The molecule has 216 valence electrons. The number of hydrogen-bond donors (Lipinski definition) is 0. The highest BCUT2D eigenvalue weighted by atomic mass is 35.5. The van der Waals surface area contributed by atoms with Crippen molar-refractivity contribution >= 4 is 44.2 Å². The molecule has 0 unspecified atom stereocenters. The molecule has 0 atom stereocenters. The van der Waals surface area contributed by atoms with E-state index in [4.69, 9.17) is 25.8 Å². The van der Waals surface area contributed by atoms with Crippen molar-refractivity contribution in [2.75, 3.05) is 24.5 Å². The summed E-state index contributed by atoms with van der Waals surface area (Å²) in [5.74, 6) is 1.09. The predicted octanol–water partition coefficient (Wildman–Crippen LogP) is 6.29. The van der Waals surface area contributed by atoms with E-state index in [-0.39, 0.29) is 28.7 Å². The van der Waals surface area contributed by atoms with Gasteiger partial charge in [0.1, 0.15) is 23.2 Å². The maximum Gasteiger partial charge on any atom is 0.410 e. The van der Waals surface area contributed by atoms with Gasteiger partial charge >= 0.3 is 6.09 Å². The van der Waals surface area contributed by atoms with Crippen LogP contribution in [0.4, 0.5) is 9.93 Å². The van der Waals surface area contributed by atoms with Crippen molar-refractivity contribution < 1.29 is 27.4 Å². The summed E-state index contributed by atoms with van der Waals surface area (Å²) >= 11 is 7.77. The molecule has 4 rings (SSSR count). The van der Waals surface area contributed by atoms with E-state index in [1.54, 1.807) is 35.7 Å². The molecule has 0 bridgehead atoms. The molecule has 1 amide bonds. The largest absolute Gasteiger partial charge is 0.497 e. The Bertz CT molecular complexity index is 1430. The lowest BCUT2D eigenvalue weighted by molar-refractivity contribution is 0.0126. The van der Waals surface area contributed by atoms with Crippen LogP contribution in [0.3, 0.4) is 0 Å². The zero-order valence-electron chi connectivity index (χ0n) is 23.2. The molecule has 0 spiro atoms. The minimum Gasteiger partial charge on any atom is -0.497 e. The molecular weight excluding hydrogens is 574 g/mol. The summed E-state index contributed by atoms with van der Waals surface area (Å²) < 4.78 is 45.8. The van der Waals surface area contributed by atoms with Gasteiger partial charge in [-0.25, -0.2) is 22.5 Å². The molecule has 0 aliphatic carbocycles. The van der Waals surface area contributed by atoms with Gasteiger partial charge in [0.2, 0.25) is 0 Å². The molecule has 0 radical (unpaired) electrons. The summed E-state index contributed by atoms with van der Waals surface area (Å²) in [4.78, 5) is 18.3. The summed E-state index contributed by atoms with van der Waals surface area (Å²) in [7, 11) is -2.42. The highest BCUT2D eigenvalue weighted by Gasteiger charge is 2.30. The fourth-order valence-electron chi connectivity index (χ4n) is 4.25. The SMILES string of the molecule is COc1ccc(CN(c2nccs2)S(=O)(=O)c2ccc(OC3CCN(C(=O)OC(C)(C)C)CC3)c(Cl)c2)c(C)c1. The van der Waals surface area contributed by atoms with Crippen LogP contribution in [0.15, 0.2) is 52.9 Å². The predicted molar refractivity (Wildman–Crippen MR) is 156 cm³/mol. The van der Waals surface area contributed by atoms with Crippen molar-refractivity contribution in [3.05, 3.63) is 64.1 Å². The number of rotatable bonds is 8. The minimum absolute atomic E-state index is 0.0333. The highest BCUT2D eigenvalue weighted by Crippen LogP contribution is 2.34. The fourth-order valence-corrected chi connectivity index (χ4v) is 6.83. The van der Waals surface area contributed by atoms with Crippen molar-refractivity contribution in [1.29, 1.82) is 0 Å². The summed E-state index contributed by atoms with van der Waals surface area (Å²) in [5, 5.41) is 2.27. The maximum atomic E-state index is 13.8. The number of sulfonamides is 1. The summed E-state index contributed by atoms with van der Waals surface area (Å²) in [5.41, 5.74) is 1.17. The number of piperidine rings is 1. The number of ether oxygens (including phenoxy) is 3. The third-order valence-electron chi connectivity index (χ3n) is 6.38. The van der Waals surface area contributed by atoms with Crippen molar-refractivity contribution in [1.82, 2.24) is 9.88 Å². The lowest BCUT2D eigenvalue weighted by Gasteiger charge is -2.33. The number of amides is 1. The normalized spacial score (nSPS) is 14.6. The van der Waals surface area contributed by atoms with Crippen LogP contribution in [-0.4, -0.2) is 56.3 Å². The van der Waals surface area contributed by atoms with E-state index in [9.17, 15) is 13.2 Å². The Morgan fingerprint density at radius 3 is 2.48 bits per heavy atom. The van der Waals surface area contributed by atoms with Gasteiger partial charge < -0.3 is 19.1 Å². The second-order valence-electron chi connectivity index (χ2n) is 10.5. The van der Waals surface area contributed by atoms with Crippen LogP contribution in [0.1, 0.15) is 44.7 Å². The molecule has 0 N–H and O–H groups in total. The number of hydrogen-bond acceptors (Lipinski definition) is 8. The standard InChI is InChI=1S/C28H34ClN3O6S2/c1-19-16-22(36-5)7-6-20(19)18-32(26-30-12-15-39-26)40(34,35)23-8-9-25(24(29)17-23)37-21-10-13-31(14-11-21)27(33)38-28(2,3)4/h6-9,12,15-17,21H,10-11,13-14,18H2,1-5H3. The lowest BCUT2D eigenvalue weighted by Crippen LogP contribution is -2.44. The Labute approximate surface area is 244 Å². The minimum atomic E-state index is -4.01. The molecule has 1 aliphatic rings. The molecule has 2 heterocycles. The number of likely N-dealkylation sites (tertiary alicyclic amines) is 1. The maximum absolute atomic E-state index is 13.8. The topological polar surface area (TPSA) is 98.3 Å². The Hall–Kier alpha value is -3.02. The van der Waals surface area contributed by atoms with Crippen LogP contribution in [0.2, 0.25) is 5.02 Å². The zero-order chi connectivity index (χ0) is 29.1. The van der Waals surface area contributed by atoms with Gasteiger partial charge in [-0.15, -0.1) is 11.3 Å². The van der Waals surface area contributed by atoms with Gasteiger partial charge in [0, 0.05) is 37.5 Å². The van der Waals surface area contributed by atoms with Crippen LogP contribution in [0.25, 0.3) is 0 Å². The number of thiazole rings is 1. The molecule has 0 saturated carbocycles. The quantitative estimate of drug-likeness (QED) is 0.297. The van der Waals surface area contributed by atoms with Crippen molar-refractivity contribution in [2.24, 2.45) is 0 Å². The van der Waals surface area contributed by atoms with Gasteiger partial charge in [0.05, 0.1) is 23.6 Å². The molecule has 3 aromatic rings. The number of nitrogens with zero attached hydrogens (tertiary/aromatic N) is 3. The average Bonchev–Trinajstić information content (AvgIpc) is 3.42. The third-order valence-corrected chi connectivity index (χ3v) is 9.31. The number of anilines is 1. The van der Waals surface area contributed by atoms with Gasteiger partial charge in [-0.05, 0) is 69.2 Å². The average molecular weight is 608 g/mol. The number of methoxy groups -OCH3 is 1. The molecular formula is C28H34ClN3O6S2. The number of aryl methyl sites for hydroxylation is 1. The fraction of sp³-hybridized carbons (Fsp3) is 0.429. The monoisotopic (exact) mass is 607 g/mol. The Morgan fingerprint density at radius 1 is 1.18 bits per heavy atom. The van der Waals surface area contributed by atoms with Crippen LogP contribution < -0.4 is 13.8 Å². The smallest absolute Gasteiger partial charge is 0.410 e. The zero-order valence-corrected chi connectivity index (χ0v) is 25.6. The van der Waals surface area contributed by atoms with Crippen molar-refractivity contribution in [3.63, 3.8) is 0 Å². The van der Waals surface area contributed by atoms with E-state index in [0.29, 0.717) is 42.6 Å². The number of benzene rings is 2. The van der Waals surface area contributed by atoms with Gasteiger partial charge in [0.25, 0.3) is 10.0 Å². The summed E-state index contributed by atoms with van der Waals surface area (Å²) in [6.07, 6.45) is 2.28. The van der Waals surface area contributed by atoms with Gasteiger partial charge in [-0.2, -0.15) is 0 Å². The number of carbonyl (C=O) groups is 1. The Kier molecular flexibility index (Phi) is 9.16.